The number of hydrazine groups is 1. The number of nitrogens with zero attached hydrogens (tertiary/aromatic N) is 2. The summed E-state index contributed by atoms with van der Waals surface area (Å²) >= 11 is 12.7. The normalized spacial score (nSPS) is 19.6. The number of halogens is 2. The summed E-state index contributed by atoms with van der Waals surface area (Å²) in [5, 5.41) is 21.4. The number of ketones is 1. The van der Waals surface area contributed by atoms with Crippen molar-refractivity contribution in [1.82, 2.24) is 10.4 Å². The number of rotatable bonds is 3. The van der Waals surface area contributed by atoms with Gasteiger partial charge in [-0.3, -0.25) is 15.0 Å². The average Bonchev–Trinajstić information content (AvgIpc) is 2.77. The number of aromatic hydroxyl groups is 1. The lowest BCUT2D eigenvalue weighted by Crippen LogP contribution is -2.49. The molecule has 9 heteroatoms. The second kappa shape index (κ2) is 8.71. The van der Waals surface area contributed by atoms with Crippen LogP contribution >= 0.6 is 23.2 Å². The summed E-state index contributed by atoms with van der Waals surface area (Å²) in [6.45, 7) is 3.91. The third-order valence-electron chi connectivity index (χ3n) is 6.02. The minimum atomic E-state index is -0.809. The smallest absolute Gasteiger partial charge is 0.270 e. The summed E-state index contributed by atoms with van der Waals surface area (Å²) in [6, 6.07) is 12.8. The van der Waals surface area contributed by atoms with Crippen molar-refractivity contribution < 1.29 is 14.7 Å². The van der Waals surface area contributed by atoms with Crippen LogP contribution in [0.2, 0.25) is 10.0 Å². The summed E-state index contributed by atoms with van der Waals surface area (Å²) < 4.78 is 0. The van der Waals surface area contributed by atoms with Crippen LogP contribution in [-0.2, 0) is 4.79 Å². The molecule has 4 N–H and O–H groups in total. The fourth-order valence-corrected chi connectivity index (χ4v) is 4.89. The lowest BCUT2D eigenvalue weighted by Gasteiger charge is -2.43. The molecule has 34 heavy (non-hydrogen) atoms. The van der Waals surface area contributed by atoms with Crippen LogP contribution in [0.3, 0.4) is 0 Å². The summed E-state index contributed by atoms with van der Waals surface area (Å²) in [6.07, 6.45) is 0.691. The van der Waals surface area contributed by atoms with Crippen LogP contribution in [-0.4, -0.2) is 21.8 Å². The Labute approximate surface area is 207 Å². The number of benzene rings is 2. The lowest BCUT2D eigenvalue weighted by atomic mass is 9.69. The Bertz CT molecular complexity index is 1310. The van der Waals surface area contributed by atoms with E-state index in [-0.39, 0.29) is 39.9 Å². The highest BCUT2D eigenvalue weighted by Crippen LogP contribution is 2.50. The first-order valence-electron chi connectivity index (χ1n) is 10.5. The molecule has 2 aromatic carbocycles. The van der Waals surface area contributed by atoms with Gasteiger partial charge < -0.3 is 10.8 Å². The van der Waals surface area contributed by atoms with E-state index in [2.05, 4.69) is 11.5 Å². The standard InChI is InChI=1S/C25H22Cl2N4O3/c1-25(2)10-18-21(19(33)11-25)20(15-4-3-5-17(26)22(15)27)16(12-28)23(29)31(18)30-24(34)13-6-8-14(32)9-7-13/h3-9,20,32H,10-11,29H2,1-2H3,(H,30,34). The fraction of sp³-hybridized carbons (Fsp3) is 0.240. The molecule has 0 fully saturated rings. The molecule has 2 aromatic rings. The maximum absolute atomic E-state index is 13.5. The molecular formula is C25H22Cl2N4O3. The molecule has 1 heterocycles. The SMILES string of the molecule is CC1(C)CC(=O)C2=C(C1)N(NC(=O)c1ccc(O)cc1)C(N)=C(C#N)C2c1cccc(Cl)c1Cl. The first kappa shape index (κ1) is 23.7. The number of hydrogen-bond donors (Lipinski definition) is 3. The molecule has 0 radical (unpaired) electrons. The molecule has 2 aliphatic rings. The van der Waals surface area contributed by atoms with Crippen molar-refractivity contribution >= 4 is 34.9 Å². The predicted octanol–water partition coefficient (Wildman–Crippen LogP) is 4.78. The maximum atomic E-state index is 13.5. The number of amides is 1. The number of phenols is 1. The van der Waals surface area contributed by atoms with Gasteiger partial charge in [0, 0.05) is 17.6 Å². The zero-order valence-corrected chi connectivity index (χ0v) is 20.0. The Morgan fingerprint density at radius 3 is 2.53 bits per heavy atom. The number of nitriles is 1. The van der Waals surface area contributed by atoms with Crippen LogP contribution in [0.1, 0.15) is 48.5 Å². The predicted molar refractivity (Wildman–Crippen MR) is 128 cm³/mol. The van der Waals surface area contributed by atoms with Crippen molar-refractivity contribution in [2.75, 3.05) is 0 Å². The van der Waals surface area contributed by atoms with E-state index in [1.54, 1.807) is 18.2 Å². The molecular weight excluding hydrogens is 475 g/mol. The van der Waals surface area contributed by atoms with Crippen LogP contribution in [0.25, 0.3) is 0 Å². The first-order valence-corrected chi connectivity index (χ1v) is 11.3. The molecule has 0 saturated heterocycles. The van der Waals surface area contributed by atoms with Gasteiger partial charge in [0.25, 0.3) is 5.91 Å². The number of allylic oxidation sites excluding steroid dienone is 3. The number of nitrogens with two attached hydrogens (primary N) is 1. The van der Waals surface area contributed by atoms with E-state index in [0.717, 1.165) is 0 Å². The van der Waals surface area contributed by atoms with Gasteiger partial charge in [0.15, 0.2) is 5.78 Å². The Morgan fingerprint density at radius 2 is 1.88 bits per heavy atom. The number of Topliss-reactive ketones (excluding diaryl/α,β-unsaturated/α-hetero) is 1. The van der Waals surface area contributed by atoms with Crippen LogP contribution in [0.5, 0.6) is 5.75 Å². The van der Waals surface area contributed by atoms with Crippen LogP contribution < -0.4 is 11.2 Å². The van der Waals surface area contributed by atoms with E-state index in [0.29, 0.717) is 28.3 Å². The Kier molecular flexibility index (Phi) is 6.07. The molecule has 1 aliphatic carbocycles. The fourth-order valence-electron chi connectivity index (χ4n) is 4.47. The van der Waals surface area contributed by atoms with Gasteiger partial charge in [0.05, 0.1) is 33.3 Å². The molecule has 7 nitrogen and oxygen atoms in total. The summed E-state index contributed by atoms with van der Waals surface area (Å²) in [4.78, 5) is 26.4. The zero-order chi connectivity index (χ0) is 24.8. The topological polar surface area (TPSA) is 119 Å². The monoisotopic (exact) mass is 496 g/mol. The highest BCUT2D eigenvalue weighted by molar-refractivity contribution is 6.42. The van der Waals surface area contributed by atoms with Gasteiger partial charge in [-0.15, -0.1) is 0 Å². The van der Waals surface area contributed by atoms with Crippen LogP contribution in [0, 0.1) is 16.7 Å². The minimum absolute atomic E-state index is 0.0000736. The van der Waals surface area contributed by atoms with E-state index >= 15 is 0 Å². The molecule has 0 aromatic heterocycles. The van der Waals surface area contributed by atoms with E-state index in [1.807, 2.05) is 13.8 Å². The van der Waals surface area contributed by atoms with Gasteiger partial charge >= 0.3 is 0 Å². The number of carbonyl (C=O) groups is 2. The molecule has 0 bridgehead atoms. The molecule has 1 atom stereocenters. The highest BCUT2D eigenvalue weighted by Gasteiger charge is 2.45. The zero-order valence-electron chi connectivity index (χ0n) is 18.5. The minimum Gasteiger partial charge on any atom is -0.508 e. The van der Waals surface area contributed by atoms with Gasteiger partial charge in [-0.1, -0.05) is 49.2 Å². The van der Waals surface area contributed by atoms with Crippen molar-refractivity contribution in [3.05, 3.63) is 86.3 Å². The summed E-state index contributed by atoms with van der Waals surface area (Å²) in [5.74, 6) is -1.46. The van der Waals surface area contributed by atoms with Crippen molar-refractivity contribution in [2.24, 2.45) is 11.1 Å². The summed E-state index contributed by atoms with van der Waals surface area (Å²) in [5.41, 5.74) is 10.5. The number of carbonyl (C=O) groups excluding carboxylic acids is 2. The molecule has 1 amide bonds. The number of nitrogens with one attached hydrogen (secondary N) is 1. The van der Waals surface area contributed by atoms with Crippen LogP contribution in [0.4, 0.5) is 0 Å². The van der Waals surface area contributed by atoms with E-state index < -0.39 is 17.2 Å². The molecule has 4 rings (SSSR count). The maximum Gasteiger partial charge on any atom is 0.270 e. The summed E-state index contributed by atoms with van der Waals surface area (Å²) in [7, 11) is 0. The molecule has 0 saturated carbocycles. The van der Waals surface area contributed by atoms with Gasteiger partial charge in [0.1, 0.15) is 11.6 Å². The Balaban J connectivity index is 1.88. The van der Waals surface area contributed by atoms with Crippen molar-refractivity contribution in [3.8, 4) is 11.8 Å². The third-order valence-corrected chi connectivity index (χ3v) is 6.85. The number of hydrogen-bond acceptors (Lipinski definition) is 6. The third kappa shape index (κ3) is 4.11. The van der Waals surface area contributed by atoms with E-state index in [1.165, 1.54) is 29.3 Å². The van der Waals surface area contributed by atoms with Gasteiger partial charge in [-0.25, -0.2) is 5.01 Å². The van der Waals surface area contributed by atoms with Crippen molar-refractivity contribution in [1.29, 1.82) is 5.26 Å². The highest BCUT2D eigenvalue weighted by atomic mass is 35.5. The number of phenolic OH excluding ortho intramolecular Hbond substituents is 1. The second-order valence-corrected chi connectivity index (χ2v) is 9.90. The van der Waals surface area contributed by atoms with Gasteiger partial charge in [0.2, 0.25) is 0 Å². The van der Waals surface area contributed by atoms with Crippen molar-refractivity contribution in [3.63, 3.8) is 0 Å². The van der Waals surface area contributed by atoms with Crippen molar-refractivity contribution in [2.45, 2.75) is 32.6 Å². The van der Waals surface area contributed by atoms with Gasteiger partial charge in [-0.2, -0.15) is 5.26 Å². The molecule has 0 spiro atoms. The van der Waals surface area contributed by atoms with E-state index in [4.69, 9.17) is 28.9 Å². The Morgan fingerprint density at radius 1 is 1.21 bits per heavy atom. The van der Waals surface area contributed by atoms with E-state index in [9.17, 15) is 20.0 Å². The average molecular weight is 497 g/mol. The molecule has 1 aliphatic heterocycles. The largest absolute Gasteiger partial charge is 0.508 e. The lowest BCUT2D eigenvalue weighted by molar-refractivity contribution is -0.118. The Hall–Kier alpha value is -3.47. The van der Waals surface area contributed by atoms with Crippen LogP contribution in [0.15, 0.2) is 65.1 Å². The quantitative estimate of drug-likeness (QED) is 0.562. The first-order chi connectivity index (χ1) is 16.0. The second-order valence-electron chi connectivity index (χ2n) is 9.11. The molecule has 174 valence electrons. The van der Waals surface area contributed by atoms with Gasteiger partial charge in [-0.05, 0) is 47.7 Å². The molecule has 1 unspecified atom stereocenters.